The lowest BCUT2D eigenvalue weighted by atomic mass is 9.86. The second-order valence-corrected chi connectivity index (χ2v) is 8.58. The lowest BCUT2D eigenvalue weighted by Crippen LogP contribution is -2.22. The molecule has 190 valence electrons. The van der Waals surface area contributed by atoms with Gasteiger partial charge in [-0.25, -0.2) is 0 Å². The number of methoxy groups -OCH3 is 1. The van der Waals surface area contributed by atoms with Gasteiger partial charge >= 0.3 is 12.1 Å². The molecule has 0 heterocycles. The smallest absolute Gasteiger partial charge is 0.418 e. The Morgan fingerprint density at radius 2 is 1.89 bits per heavy atom. The molecular formula is C26H26F3N3O4. The van der Waals surface area contributed by atoms with Crippen LogP contribution < -0.4 is 15.4 Å². The Bertz CT molecular complexity index is 1210. The molecule has 10 heteroatoms. The van der Waals surface area contributed by atoms with Crippen molar-refractivity contribution in [2.75, 3.05) is 12.4 Å². The van der Waals surface area contributed by atoms with Crippen LogP contribution in [0.25, 0.3) is 0 Å². The summed E-state index contributed by atoms with van der Waals surface area (Å²) in [5.74, 6) is -1.55. The lowest BCUT2D eigenvalue weighted by Gasteiger charge is -2.22. The minimum atomic E-state index is -4.73. The van der Waals surface area contributed by atoms with E-state index in [0.717, 1.165) is 11.6 Å². The number of carboxylic acid groups (broad SMARTS) is 1. The van der Waals surface area contributed by atoms with Crippen molar-refractivity contribution in [2.45, 2.75) is 44.8 Å². The minimum Gasteiger partial charge on any atom is -0.496 e. The molecule has 0 bridgehead atoms. The van der Waals surface area contributed by atoms with E-state index in [4.69, 9.17) is 15.1 Å². The summed E-state index contributed by atoms with van der Waals surface area (Å²) < 4.78 is 47.0. The quantitative estimate of drug-likeness (QED) is 0.452. The number of nitrogens with zero attached hydrogens (tertiary/aromatic N) is 1. The summed E-state index contributed by atoms with van der Waals surface area (Å²) in [7, 11) is 1.43. The van der Waals surface area contributed by atoms with Crippen molar-refractivity contribution in [1.29, 1.82) is 5.26 Å². The summed E-state index contributed by atoms with van der Waals surface area (Å²) in [6, 6.07) is 9.30. The average Bonchev–Trinajstić information content (AvgIpc) is 2.86. The molecule has 2 aromatic rings. The molecule has 0 aromatic heterocycles. The van der Waals surface area contributed by atoms with E-state index in [2.05, 4.69) is 10.6 Å². The molecule has 0 radical (unpaired) electrons. The highest BCUT2D eigenvalue weighted by Gasteiger charge is 2.35. The maximum Gasteiger partial charge on any atom is 0.418 e. The Morgan fingerprint density at radius 3 is 2.47 bits per heavy atom. The van der Waals surface area contributed by atoms with E-state index in [1.807, 2.05) is 6.07 Å². The molecule has 1 saturated carbocycles. The topological polar surface area (TPSA) is 111 Å². The molecule has 3 N–H and O–H groups in total. The molecule has 0 spiro atoms. The number of alkyl halides is 3. The fourth-order valence-corrected chi connectivity index (χ4v) is 4.13. The van der Waals surface area contributed by atoms with Crippen LogP contribution in [0.1, 0.15) is 65.7 Å². The van der Waals surface area contributed by atoms with Gasteiger partial charge in [-0.2, -0.15) is 18.4 Å². The first-order valence-electron chi connectivity index (χ1n) is 11.3. The summed E-state index contributed by atoms with van der Waals surface area (Å²) >= 11 is 0. The zero-order chi connectivity index (χ0) is 26.5. The van der Waals surface area contributed by atoms with E-state index in [1.165, 1.54) is 25.4 Å². The highest BCUT2D eigenvalue weighted by Crippen LogP contribution is 2.38. The maximum atomic E-state index is 13.9. The summed E-state index contributed by atoms with van der Waals surface area (Å²) in [5.41, 5.74) is 0.301. The molecule has 0 aliphatic heterocycles. The van der Waals surface area contributed by atoms with Crippen LogP contribution >= 0.6 is 0 Å². The number of nitrogens with one attached hydrogen (secondary N) is 2. The van der Waals surface area contributed by atoms with Gasteiger partial charge in [0.05, 0.1) is 36.3 Å². The third-order valence-electron chi connectivity index (χ3n) is 6.17. The van der Waals surface area contributed by atoms with E-state index in [9.17, 15) is 22.8 Å². The number of carboxylic acids is 1. The average molecular weight is 502 g/mol. The molecule has 0 unspecified atom stereocenters. The van der Waals surface area contributed by atoms with Crippen LogP contribution in [0.5, 0.6) is 5.75 Å². The Kier molecular flexibility index (Phi) is 8.25. The predicted molar refractivity (Wildman–Crippen MR) is 126 cm³/mol. The maximum absolute atomic E-state index is 13.9. The van der Waals surface area contributed by atoms with Gasteiger partial charge in [0, 0.05) is 23.0 Å². The normalized spacial score (nSPS) is 16.4. The van der Waals surface area contributed by atoms with Crippen LogP contribution in [0.15, 0.2) is 48.2 Å². The molecule has 7 nitrogen and oxygen atoms in total. The van der Waals surface area contributed by atoms with Crippen molar-refractivity contribution in [1.82, 2.24) is 5.32 Å². The number of hydrogen-bond acceptors (Lipinski definition) is 5. The van der Waals surface area contributed by atoms with E-state index < -0.39 is 35.6 Å². The highest BCUT2D eigenvalue weighted by molar-refractivity contribution is 5.95. The molecule has 0 saturated heterocycles. The summed E-state index contributed by atoms with van der Waals surface area (Å²) in [6.07, 6.45) is -1.36. The first-order valence-corrected chi connectivity index (χ1v) is 11.3. The zero-order valence-electron chi connectivity index (χ0n) is 19.8. The van der Waals surface area contributed by atoms with Crippen molar-refractivity contribution in [3.05, 3.63) is 70.4 Å². The second kappa shape index (κ2) is 11.2. The number of carbonyl (C=O) groups is 2. The van der Waals surface area contributed by atoms with Crippen LogP contribution in [-0.4, -0.2) is 24.1 Å². The number of allylic oxidation sites excluding steroid dienone is 1. The Labute approximate surface area is 206 Å². The fraction of sp³-hybridized carbons (Fsp3) is 0.346. The standard InChI is InChI=1S/C26H26F3N3O4/c1-15(20-11-17(13-30)5-10-23(20)36-2)32-22-9-8-19(12-21(22)26(27,28)29)24(33)31-14-16-3-6-18(7-4-16)25(34)35/h5,8-12,14-15,18,32H,3-4,6-7H2,1-2H3,(H,31,33)(H,34,35)/t15-,18?/m0/s1. The van der Waals surface area contributed by atoms with E-state index >= 15 is 0 Å². The van der Waals surface area contributed by atoms with E-state index in [-0.39, 0.29) is 11.3 Å². The van der Waals surface area contributed by atoms with Crippen molar-refractivity contribution in [3.63, 3.8) is 0 Å². The Morgan fingerprint density at radius 1 is 1.19 bits per heavy atom. The minimum absolute atomic E-state index is 0.166. The van der Waals surface area contributed by atoms with Crippen molar-refractivity contribution in [3.8, 4) is 11.8 Å². The number of hydrogen-bond donors (Lipinski definition) is 3. The Hall–Kier alpha value is -4.00. The molecular weight excluding hydrogens is 475 g/mol. The number of rotatable bonds is 7. The van der Waals surface area contributed by atoms with Crippen LogP contribution in [0.4, 0.5) is 18.9 Å². The number of carbonyl (C=O) groups excluding carboxylic acids is 1. The van der Waals surface area contributed by atoms with Crippen LogP contribution in [0, 0.1) is 17.2 Å². The van der Waals surface area contributed by atoms with Crippen LogP contribution in [-0.2, 0) is 11.0 Å². The third-order valence-corrected chi connectivity index (χ3v) is 6.17. The van der Waals surface area contributed by atoms with Crippen LogP contribution in [0.3, 0.4) is 0 Å². The molecule has 1 aliphatic rings. The van der Waals surface area contributed by atoms with Gasteiger partial charge in [-0.1, -0.05) is 5.57 Å². The van der Waals surface area contributed by atoms with Crippen LogP contribution in [0.2, 0.25) is 0 Å². The Balaban J connectivity index is 1.79. The fourth-order valence-electron chi connectivity index (χ4n) is 4.13. The van der Waals surface area contributed by atoms with Crippen molar-refractivity contribution >= 4 is 17.6 Å². The third kappa shape index (κ3) is 6.36. The molecule has 2 aromatic carbocycles. The number of nitriles is 1. The SMILES string of the molecule is COc1ccc(C#N)cc1[C@H](C)Nc1ccc(C(=O)NC=C2CCC(C(=O)O)CC2)cc1C(F)(F)F. The van der Waals surface area contributed by atoms with E-state index in [1.54, 1.807) is 25.1 Å². The van der Waals surface area contributed by atoms with Gasteiger partial charge in [-0.05, 0) is 69.0 Å². The highest BCUT2D eigenvalue weighted by atomic mass is 19.4. The van der Waals surface area contributed by atoms with Gasteiger partial charge in [0.2, 0.25) is 0 Å². The predicted octanol–water partition coefficient (Wildman–Crippen LogP) is 5.65. The van der Waals surface area contributed by atoms with Gasteiger partial charge in [-0.15, -0.1) is 0 Å². The molecule has 1 fully saturated rings. The molecule has 36 heavy (non-hydrogen) atoms. The number of amides is 1. The monoisotopic (exact) mass is 501 g/mol. The lowest BCUT2D eigenvalue weighted by molar-refractivity contribution is -0.142. The first kappa shape index (κ1) is 26.6. The molecule has 1 aliphatic carbocycles. The van der Waals surface area contributed by atoms with Gasteiger partial charge in [0.15, 0.2) is 0 Å². The van der Waals surface area contributed by atoms with Gasteiger partial charge in [0.1, 0.15) is 5.75 Å². The zero-order valence-corrected chi connectivity index (χ0v) is 19.8. The number of halogens is 3. The largest absolute Gasteiger partial charge is 0.496 e. The number of aliphatic carboxylic acids is 1. The molecule has 1 atom stereocenters. The number of anilines is 1. The van der Waals surface area contributed by atoms with Crippen molar-refractivity contribution in [2.24, 2.45) is 5.92 Å². The molecule has 3 rings (SSSR count). The van der Waals surface area contributed by atoms with Gasteiger partial charge in [0.25, 0.3) is 5.91 Å². The summed E-state index contributed by atoms with van der Waals surface area (Å²) in [4.78, 5) is 23.6. The second-order valence-electron chi connectivity index (χ2n) is 8.58. The number of benzene rings is 2. The summed E-state index contributed by atoms with van der Waals surface area (Å²) in [5, 5.41) is 23.6. The summed E-state index contributed by atoms with van der Waals surface area (Å²) in [6.45, 7) is 1.64. The molecule has 1 amide bonds. The van der Waals surface area contributed by atoms with E-state index in [0.29, 0.717) is 42.6 Å². The first-order chi connectivity index (χ1) is 17.0. The number of ether oxygens (including phenoxy) is 1. The van der Waals surface area contributed by atoms with Gasteiger partial charge < -0.3 is 20.5 Å². The van der Waals surface area contributed by atoms with Crippen molar-refractivity contribution < 1.29 is 32.6 Å². The van der Waals surface area contributed by atoms with Gasteiger partial charge in [-0.3, -0.25) is 9.59 Å².